The Morgan fingerprint density at radius 1 is 1.24 bits per heavy atom. The third kappa shape index (κ3) is 5.00. The quantitative estimate of drug-likeness (QED) is 0.592. The Kier molecular flexibility index (Phi) is 6.92. The number of pyridine rings is 1. The van der Waals surface area contributed by atoms with Gasteiger partial charge >= 0.3 is 6.18 Å². The van der Waals surface area contributed by atoms with Crippen LogP contribution >= 0.6 is 11.6 Å². The monoisotopic (exact) mass is 547 g/mol. The van der Waals surface area contributed by atoms with E-state index in [-0.39, 0.29) is 17.4 Å². The molecule has 1 unspecified atom stereocenters. The first-order valence-electron chi connectivity index (χ1n) is 12.5. The van der Waals surface area contributed by atoms with E-state index < -0.39 is 23.3 Å². The minimum absolute atomic E-state index is 0.0982. The molecule has 0 bridgehead atoms. The maximum absolute atomic E-state index is 13.6. The standard InChI is InChI=1S/C26H29ClF3N7O/c1-16-9-19(26(28,29)30)18(11-31)23(33-16)34-20-5-6-37(8-7-36-14-25(15-36)12-32-13-25)22-10-17(27)3-4-21(22)35(2)24(20)38/h3-4,9-10,20,32H,5-8,12-15H2,1-2H3,(H,33,34). The van der Waals surface area contributed by atoms with E-state index >= 15 is 0 Å². The minimum Gasteiger partial charge on any atom is -0.368 e. The van der Waals surface area contributed by atoms with Crippen LogP contribution in [-0.2, 0) is 11.0 Å². The summed E-state index contributed by atoms with van der Waals surface area (Å²) >= 11 is 6.33. The van der Waals surface area contributed by atoms with Crippen LogP contribution in [-0.4, -0.2) is 74.7 Å². The van der Waals surface area contributed by atoms with Crippen LogP contribution < -0.4 is 20.4 Å². The number of halogens is 4. The topological polar surface area (TPSA) is 87.5 Å². The predicted molar refractivity (Wildman–Crippen MR) is 140 cm³/mol. The van der Waals surface area contributed by atoms with Gasteiger partial charge in [-0.05, 0) is 37.6 Å². The number of aryl methyl sites for hydroxylation is 1. The third-order valence-electron chi connectivity index (χ3n) is 7.64. The van der Waals surface area contributed by atoms with Gasteiger partial charge in [-0.3, -0.25) is 4.79 Å². The Labute approximate surface area is 224 Å². The number of amides is 1. The van der Waals surface area contributed by atoms with Gasteiger partial charge in [-0.15, -0.1) is 0 Å². The molecule has 1 aromatic heterocycles. The molecule has 3 aliphatic heterocycles. The zero-order valence-electron chi connectivity index (χ0n) is 21.2. The van der Waals surface area contributed by atoms with Crippen molar-refractivity contribution in [2.24, 2.45) is 5.41 Å². The summed E-state index contributed by atoms with van der Waals surface area (Å²) in [5.74, 6) is -0.578. The van der Waals surface area contributed by atoms with Gasteiger partial charge in [0.15, 0.2) is 0 Å². The maximum Gasteiger partial charge on any atom is 0.417 e. The highest BCUT2D eigenvalue weighted by Crippen LogP contribution is 2.38. The molecule has 0 saturated carbocycles. The lowest BCUT2D eigenvalue weighted by Crippen LogP contribution is -2.71. The van der Waals surface area contributed by atoms with Crippen LogP contribution in [0, 0.1) is 23.7 Å². The maximum atomic E-state index is 13.6. The van der Waals surface area contributed by atoms with Gasteiger partial charge in [0, 0.05) is 69.0 Å². The first kappa shape index (κ1) is 26.5. The highest BCUT2D eigenvalue weighted by Gasteiger charge is 2.47. The Bertz CT molecular complexity index is 1280. The molecule has 5 rings (SSSR count). The molecule has 4 heterocycles. The number of rotatable bonds is 5. The molecule has 1 atom stereocenters. The number of alkyl halides is 3. The molecular formula is C26H29ClF3N7O. The number of likely N-dealkylation sites (N-methyl/N-ethyl adjacent to an activating group) is 1. The number of hydrogen-bond acceptors (Lipinski definition) is 7. The second-order valence-corrected chi connectivity index (χ2v) is 10.9. The predicted octanol–water partition coefficient (Wildman–Crippen LogP) is 3.49. The lowest BCUT2D eigenvalue weighted by atomic mass is 9.74. The van der Waals surface area contributed by atoms with Crippen molar-refractivity contribution in [2.75, 3.05) is 68.0 Å². The number of nitriles is 1. The van der Waals surface area contributed by atoms with Crippen molar-refractivity contribution in [3.63, 3.8) is 0 Å². The highest BCUT2D eigenvalue weighted by molar-refractivity contribution is 6.31. The van der Waals surface area contributed by atoms with Crippen molar-refractivity contribution in [1.29, 1.82) is 5.26 Å². The van der Waals surface area contributed by atoms with Crippen molar-refractivity contribution in [2.45, 2.75) is 25.6 Å². The van der Waals surface area contributed by atoms with E-state index in [0.717, 1.165) is 44.5 Å². The second-order valence-electron chi connectivity index (χ2n) is 10.5. The average molecular weight is 548 g/mol. The van der Waals surface area contributed by atoms with Crippen LogP contribution in [0.25, 0.3) is 0 Å². The number of nitrogens with one attached hydrogen (secondary N) is 2. The molecule has 2 saturated heterocycles. The summed E-state index contributed by atoms with van der Waals surface area (Å²) in [5, 5.41) is 16.3. The number of carbonyl (C=O) groups excluding carboxylic acids is 1. The summed E-state index contributed by atoms with van der Waals surface area (Å²) in [6.45, 7) is 7.65. The zero-order chi connectivity index (χ0) is 27.2. The number of nitrogens with zero attached hydrogens (tertiary/aromatic N) is 5. The molecule has 3 aliphatic rings. The fourth-order valence-electron chi connectivity index (χ4n) is 5.59. The van der Waals surface area contributed by atoms with Gasteiger partial charge in [-0.1, -0.05) is 11.6 Å². The Hall–Kier alpha value is -3.07. The third-order valence-corrected chi connectivity index (χ3v) is 7.87. The number of anilines is 3. The molecule has 1 amide bonds. The molecule has 12 heteroatoms. The van der Waals surface area contributed by atoms with Gasteiger partial charge in [0.1, 0.15) is 23.5 Å². The van der Waals surface area contributed by atoms with Gasteiger partial charge in [0.2, 0.25) is 5.91 Å². The van der Waals surface area contributed by atoms with Crippen LogP contribution in [0.15, 0.2) is 24.3 Å². The summed E-state index contributed by atoms with van der Waals surface area (Å²) in [6, 6.07) is 6.91. The highest BCUT2D eigenvalue weighted by atomic mass is 35.5. The summed E-state index contributed by atoms with van der Waals surface area (Å²) in [4.78, 5) is 23.7. The molecule has 38 heavy (non-hydrogen) atoms. The zero-order valence-corrected chi connectivity index (χ0v) is 22.0. The number of benzene rings is 1. The minimum atomic E-state index is -4.73. The molecule has 2 fully saturated rings. The van der Waals surface area contributed by atoms with Gasteiger partial charge in [-0.25, -0.2) is 4.98 Å². The van der Waals surface area contributed by atoms with Crippen LogP contribution in [0.3, 0.4) is 0 Å². The molecule has 2 aromatic rings. The molecule has 2 N–H and O–H groups in total. The number of carbonyl (C=O) groups is 1. The normalized spacial score (nSPS) is 21.2. The van der Waals surface area contributed by atoms with E-state index in [1.807, 2.05) is 6.07 Å². The summed E-state index contributed by atoms with van der Waals surface area (Å²) in [6.07, 6.45) is -4.43. The number of aromatic nitrogens is 1. The van der Waals surface area contributed by atoms with Crippen LogP contribution in [0.5, 0.6) is 0 Å². The Balaban J connectivity index is 1.41. The number of fused-ring (bicyclic) bond motifs is 1. The fourth-order valence-corrected chi connectivity index (χ4v) is 5.75. The number of hydrogen-bond donors (Lipinski definition) is 2. The van der Waals surface area contributed by atoms with Gasteiger partial charge < -0.3 is 25.3 Å². The van der Waals surface area contributed by atoms with Crippen LogP contribution in [0.4, 0.5) is 30.4 Å². The molecule has 8 nitrogen and oxygen atoms in total. The van der Waals surface area contributed by atoms with Crippen molar-refractivity contribution in [1.82, 2.24) is 15.2 Å². The van der Waals surface area contributed by atoms with E-state index in [1.165, 1.54) is 11.8 Å². The van der Waals surface area contributed by atoms with E-state index in [2.05, 4.69) is 25.4 Å². The molecule has 202 valence electrons. The van der Waals surface area contributed by atoms with Crippen LogP contribution in [0.1, 0.15) is 23.2 Å². The smallest absolute Gasteiger partial charge is 0.368 e. The Morgan fingerprint density at radius 3 is 2.61 bits per heavy atom. The average Bonchev–Trinajstić information content (AvgIpc) is 2.80. The van der Waals surface area contributed by atoms with Crippen molar-refractivity contribution >= 4 is 34.7 Å². The van der Waals surface area contributed by atoms with E-state index in [4.69, 9.17) is 11.6 Å². The summed E-state index contributed by atoms with van der Waals surface area (Å²) in [7, 11) is 1.63. The van der Waals surface area contributed by atoms with Crippen LogP contribution in [0.2, 0.25) is 5.02 Å². The van der Waals surface area contributed by atoms with Crippen molar-refractivity contribution in [3.8, 4) is 6.07 Å². The Morgan fingerprint density at radius 2 is 1.97 bits per heavy atom. The fraction of sp³-hybridized carbons (Fsp3) is 0.500. The number of likely N-dealkylation sites (tertiary alicyclic amines) is 1. The summed E-state index contributed by atoms with van der Waals surface area (Å²) < 4.78 is 40.9. The second kappa shape index (κ2) is 9.91. The molecular weight excluding hydrogens is 519 g/mol. The lowest BCUT2D eigenvalue weighted by molar-refractivity contribution is -0.137. The molecule has 0 aliphatic carbocycles. The first-order chi connectivity index (χ1) is 18.0. The molecule has 1 aromatic carbocycles. The first-order valence-corrected chi connectivity index (χ1v) is 12.9. The van der Waals surface area contributed by atoms with Crippen molar-refractivity contribution < 1.29 is 18.0 Å². The van der Waals surface area contributed by atoms with E-state index in [9.17, 15) is 23.2 Å². The van der Waals surface area contributed by atoms with E-state index in [1.54, 1.807) is 25.2 Å². The van der Waals surface area contributed by atoms with Crippen molar-refractivity contribution in [3.05, 3.63) is 46.1 Å². The lowest BCUT2D eigenvalue weighted by Gasteiger charge is -2.56. The SMILES string of the molecule is Cc1cc(C(F)(F)F)c(C#N)c(NC2CCN(CCN3CC4(CNC4)C3)c3cc(Cl)ccc3N(C)C2=O)n1. The largest absolute Gasteiger partial charge is 0.417 e. The van der Waals surface area contributed by atoms with Gasteiger partial charge in [-0.2, -0.15) is 18.4 Å². The van der Waals surface area contributed by atoms with Gasteiger partial charge in [0.05, 0.1) is 16.9 Å². The summed E-state index contributed by atoms with van der Waals surface area (Å²) in [5.41, 5.74) is 0.300. The molecule has 0 radical (unpaired) electrons. The van der Waals surface area contributed by atoms with Gasteiger partial charge in [0.25, 0.3) is 0 Å². The molecule has 1 spiro atoms. The van der Waals surface area contributed by atoms with E-state index in [0.29, 0.717) is 35.6 Å².